The van der Waals surface area contributed by atoms with Crippen molar-refractivity contribution >= 4 is 29.1 Å². The fourth-order valence-corrected chi connectivity index (χ4v) is 3.66. The van der Waals surface area contributed by atoms with E-state index in [1.54, 1.807) is 35.4 Å². The molecule has 9 nitrogen and oxygen atoms in total. The van der Waals surface area contributed by atoms with Gasteiger partial charge in [0, 0.05) is 24.7 Å². The van der Waals surface area contributed by atoms with E-state index in [0.29, 0.717) is 47.8 Å². The van der Waals surface area contributed by atoms with Crippen LogP contribution in [0.1, 0.15) is 10.4 Å². The highest BCUT2D eigenvalue weighted by molar-refractivity contribution is 6.32. The first kappa shape index (κ1) is 27.3. The van der Waals surface area contributed by atoms with Crippen molar-refractivity contribution in [2.45, 2.75) is 12.2 Å². The number of aliphatic hydroxyl groups is 1. The lowest BCUT2D eigenvalue weighted by atomic mass is 10.1. The van der Waals surface area contributed by atoms with Crippen LogP contribution < -0.4 is 19.5 Å². The van der Waals surface area contributed by atoms with Gasteiger partial charge in [0.1, 0.15) is 49.3 Å². The second kappa shape index (κ2) is 13.2. The van der Waals surface area contributed by atoms with Crippen LogP contribution in [0, 0.1) is 0 Å². The molecule has 0 spiro atoms. The first-order valence-corrected chi connectivity index (χ1v) is 11.9. The molecule has 0 saturated carbocycles. The molecule has 0 aromatic heterocycles. The van der Waals surface area contributed by atoms with Crippen LogP contribution in [0.5, 0.6) is 17.2 Å². The summed E-state index contributed by atoms with van der Waals surface area (Å²) in [6, 6.07) is 10.2. The summed E-state index contributed by atoms with van der Waals surface area (Å²) in [4.78, 5) is 19.9. The lowest BCUT2D eigenvalue weighted by Crippen LogP contribution is -2.35. The molecule has 1 fully saturated rings. The maximum Gasteiger partial charge on any atom is 0.254 e. The van der Waals surface area contributed by atoms with E-state index in [-0.39, 0.29) is 36.5 Å². The van der Waals surface area contributed by atoms with E-state index >= 15 is 0 Å². The number of amides is 1. The van der Waals surface area contributed by atoms with Crippen molar-refractivity contribution in [3.8, 4) is 17.2 Å². The molecule has 0 radical (unpaired) electrons. The average molecular weight is 528 g/mol. The number of halogens is 2. The van der Waals surface area contributed by atoms with Gasteiger partial charge in [-0.2, -0.15) is 5.06 Å². The van der Waals surface area contributed by atoms with Crippen molar-refractivity contribution in [2.24, 2.45) is 0 Å². The third-order valence-electron chi connectivity index (χ3n) is 5.11. The van der Waals surface area contributed by atoms with E-state index in [4.69, 9.17) is 42.3 Å². The molecular formula is C24H31Cl2N3O6. The normalized spacial score (nSPS) is 16.8. The molecule has 1 amide bonds. The topological polar surface area (TPSA) is 92.7 Å². The Labute approximate surface area is 215 Å². The Bertz CT molecular complexity index is 976. The summed E-state index contributed by atoms with van der Waals surface area (Å²) >= 11 is 12.2. The second-order valence-electron chi connectivity index (χ2n) is 8.31. The summed E-state index contributed by atoms with van der Waals surface area (Å²) in [5.41, 5.74) is 0.249. The molecular weight excluding hydrogens is 497 g/mol. The van der Waals surface area contributed by atoms with Gasteiger partial charge < -0.3 is 29.5 Å². The SMILES string of the molecule is CNC(=O)c1cc(Cl)c(OCCN(C)C)cc1OC[C@H](O)CN1C[C@@H](Oc2ccc(Cl)cc2)CO1. The Morgan fingerprint density at radius 3 is 2.66 bits per heavy atom. The molecule has 2 atom stereocenters. The van der Waals surface area contributed by atoms with Crippen molar-refractivity contribution in [3.63, 3.8) is 0 Å². The first-order chi connectivity index (χ1) is 16.7. The minimum atomic E-state index is -0.879. The number of hydrogen-bond acceptors (Lipinski definition) is 8. The zero-order chi connectivity index (χ0) is 25.4. The van der Waals surface area contributed by atoms with Gasteiger partial charge in [0.05, 0.1) is 23.7 Å². The van der Waals surface area contributed by atoms with Crippen molar-refractivity contribution in [2.75, 3.05) is 60.6 Å². The number of carbonyl (C=O) groups is 1. The Morgan fingerprint density at radius 1 is 1.23 bits per heavy atom. The Balaban J connectivity index is 1.55. The molecule has 2 N–H and O–H groups in total. The van der Waals surface area contributed by atoms with Crippen LogP contribution in [0.25, 0.3) is 0 Å². The van der Waals surface area contributed by atoms with Crippen LogP contribution in [0.15, 0.2) is 36.4 Å². The zero-order valence-corrected chi connectivity index (χ0v) is 21.5. The van der Waals surface area contributed by atoms with E-state index < -0.39 is 6.10 Å². The quantitative estimate of drug-likeness (QED) is 0.435. The van der Waals surface area contributed by atoms with Gasteiger partial charge in [0.15, 0.2) is 0 Å². The minimum absolute atomic E-state index is 0.0642. The Morgan fingerprint density at radius 2 is 1.97 bits per heavy atom. The highest BCUT2D eigenvalue weighted by Gasteiger charge is 2.27. The molecule has 0 bridgehead atoms. The van der Waals surface area contributed by atoms with Crippen molar-refractivity contribution < 1.29 is 28.9 Å². The van der Waals surface area contributed by atoms with E-state index in [2.05, 4.69) is 5.32 Å². The summed E-state index contributed by atoms with van der Waals surface area (Å²) < 4.78 is 17.4. The van der Waals surface area contributed by atoms with Gasteiger partial charge in [0.2, 0.25) is 0 Å². The average Bonchev–Trinajstić information content (AvgIpc) is 3.26. The zero-order valence-electron chi connectivity index (χ0n) is 20.0. The number of hydroxylamine groups is 2. The number of rotatable bonds is 12. The molecule has 1 heterocycles. The fourth-order valence-electron chi connectivity index (χ4n) is 3.31. The third-order valence-corrected chi connectivity index (χ3v) is 5.66. The van der Waals surface area contributed by atoms with E-state index in [0.717, 1.165) is 0 Å². The van der Waals surface area contributed by atoms with Crippen LogP contribution in [0.3, 0.4) is 0 Å². The number of nitrogens with one attached hydrogen (secondary N) is 1. The molecule has 0 unspecified atom stereocenters. The predicted molar refractivity (Wildman–Crippen MR) is 134 cm³/mol. The van der Waals surface area contributed by atoms with Gasteiger partial charge in [-0.05, 0) is 44.4 Å². The molecule has 2 aromatic carbocycles. The minimum Gasteiger partial charge on any atom is -0.491 e. The number of aliphatic hydroxyl groups excluding tert-OH is 1. The van der Waals surface area contributed by atoms with E-state index in [1.807, 2.05) is 19.0 Å². The molecule has 11 heteroatoms. The van der Waals surface area contributed by atoms with Gasteiger partial charge in [-0.25, -0.2) is 0 Å². The van der Waals surface area contributed by atoms with Gasteiger partial charge >= 0.3 is 0 Å². The standard InChI is InChI=1S/C24H31Cl2N3O6/c1-27-24(31)20-10-21(26)23(32-9-8-28(2)3)11-22(20)33-14-17(30)12-29-13-19(15-34-29)35-18-6-4-16(25)5-7-18/h4-7,10-11,17,19,30H,8-9,12-15H2,1-3H3,(H,27,31)/t17-,19-/m1/s1. The molecule has 35 heavy (non-hydrogen) atoms. The maximum atomic E-state index is 12.3. The van der Waals surface area contributed by atoms with Crippen LogP contribution in [0.4, 0.5) is 0 Å². The van der Waals surface area contributed by atoms with Crippen molar-refractivity contribution in [1.29, 1.82) is 0 Å². The Kier molecular flexibility index (Phi) is 10.3. The van der Waals surface area contributed by atoms with Crippen LogP contribution in [-0.2, 0) is 4.84 Å². The lowest BCUT2D eigenvalue weighted by Gasteiger charge is -2.20. The second-order valence-corrected chi connectivity index (χ2v) is 9.15. The summed E-state index contributed by atoms with van der Waals surface area (Å²) in [6.07, 6.45) is -1.06. The predicted octanol–water partition coefficient (Wildman–Crippen LogP) is 2.73. The van der Waals surface area contributed by atoms with E-state index in [1.165, 1.54) is 13.1 Å². The van der Waals surface area contributed by atoms with Crippen LogP contribution >= 0.6 is 23.2 Å². The van der Waals surface area contributed by atoms with E-state index in [9.17, 15) is 9.90 Å². The van der Waals surface area contributed by atoms with Crippen molar-refractivity contribution in [1.82, 2.24) is 15.3 Å². The largest absolute Gasteiger partial charge is 0.491 e. The number of likely N-dealkylation sites (N-methyl/N-ethyl adjacent to an activating group) is 1. The number of carbonyl (C=O) groups excluding carboxylic acids is 1. The summed E-state index contributed by atoms with van der Waals surface area (Å²) in [6.45, 7) is 2.09. The van der Waals surface area contributed by atoms with Gasteiger partial charge in [0.25, 0.3) is 5.91 Å². The molecule has 1 aliphatic heterocycles. The monoisotopic (exact) mass is 527 g/mol. The number of benzene rings is 2. The molecule has 0 aliphatic carbocycles. The lowest BCUT2D eigenvalue weighted by molar-refractivity contribution is -0.131. The van der Waals surface area contributed by atoms with Crippen molar-refractivity contribution in [3.05, 3.63) is 52.0 Å². The number of β-amino-alcohol motifs (C(OH)–C–C–N with tert-alkyl or cyclic N) is 1. The molecule has 1 saturated heterocycles. The van der Waals surface area contributed by atoms with Gasteiger partial charge in [-0.3, -0.25) is 9.63 Å². The highest BCUT2D eigenvalue weighted by Crippen LogP contribution is 2.33. The number of hydrogen-bond donors (Lipinski definition) is 2. The Hall–Kier alpha value is -2.27. The summed E-state index contributed by atoms with van der Waals surface area (Å²) in [7, 11) is 5.39. The van der Waals surface area contributed by atoms with Gasteiger partial charge in [-0.15, -0.1) is 0 Å². The summed E-state index contributed by atoms with van der Waals surface area (Å²) in [5, 5.41) is 15.7. The summed E-state index contributed by atoms with van der Waals surface area (Å²) in [5.74, 6) is 0.998. The molecule has 192 valence electrons. The molecule has 1 aliphatic rings. The maximum absolute atomic E-state index is 12.3. The number of ether oxygens (including phenoxy) is 3. The van der Waals surface area contributed by atoms with Gasteiger partial charge in [-0.1, -0.05) is 23.2 Å². The third kappa shape index (κ3) is 8.42. The highest BCUT2D eigenvalue weighted by atomic mass is 35.5. The van der Waals surface area contributed by atoms with Crippen LogP contribution in [0.2, 0.25) is 10.0 Å². The van der Waals surface area contributed by atoms with Crippen LogP contribution in [-0.4, -0.2) is 93.8 Å². The fraction of sp³-hybridized carbons (Fsp3) is 0.458. The number of nitrogens with zero attached hydrogens (tertiary/aromatic N) is 2. The molecule has 2 aromatic rings. The first-order valence-electron chi connectivity index (χ1n) is 11.2. The smallest absolute Gasteiger partial charge is 0.254 e. The molecule has 3 rings (SSSR count).